The smallest absolute Gasteiger partial charge is 0.341 e. The highest BCUT2D eigenvalue weighted by atomic mass is 19.1. The van der Waals surface area contributed by atoms with E-state index >= 15 is 4.39 Å². The number of aliphatic hydroxyl groups is 1. The first-order chi connectivity index (χ1) is 65.2. The van der Waals surface area contributed by atoms with E-state index in [1.807, 2.05) is 105 Å². The van der Waals surface area contributed by atoms with E-state index < -0.39 is 17.8 Å². The number of benzene rings is 4. The van der Waals surface area contributed by atoms with Gasteiger partial charge in [0, 0.05) is 182 Å². The fourth-order valence-corrected chi connectivity index (χ4v) is 18.1. The van der Waals surface area contributed by atoms with Gasteiger partial charge in [-0.1, -0.05) is 78.9 Å². The van der Waals surface area contributed by atoms with Crippen molar-refractivity contribution in [2.75, 3.05) is 200 Å². The molecule has 7 aliphatic rings. The number of carbonyl (C=O) groups excluding carboxylic acids is 4. The van der Waals surface area contributed by atoms with Gasteiger partial charge in [-0.25, -0.2) is 43.8 Å². The lowest BCUT2D eigenvalue weighted by atomic mass is 9.99. The Kier molecular flexibility index (Phi) is 30.7. The van der Waals surface area contributed by atoms with E-state index in [2.05, 4.69) is 170 Å². The van der Waals surface area contributed by atoms with Gasteiger partial charge >= 0.3 is 5.97 Å². The summed E-state index contributed by atoms with van der Waals surface area (Å²) in [5.41, 5.74) is 20.0. The highest BCUT2D eigenvalue weighted by molar-refractivity contribution is 6.01. The number of aryl methyl sites for hydroxylation is 2. The number of piperidine rings is 1. The van der Waals surface area contributed by atoms with Gasteiger partial charge in [0.1, 0.15) is 29.4 Å². The number of hydrogen-bond acceptors (Lipinski definition) is 29. The average molecular weight is 1820 g/mol. The molecule has 7 aromatic heterocycles. The summed E-state index contributed by atoms with van der Waals surface area (Å²) in [5.74, 6) is -0.0985. The summed E-state index contributed by atoms with van der Waals surface area (Å²) >= 11 is 0. The van der Waals surface area contributed by atoms with Crippen LogP contribution >= 0.6 is 0 Å². The van der Waals surface area contributed by atoms with Gasteiger partial charge in [0.25, 0.3) is 0 Å². The number of anilines is 9. The molecule has 4 aromatic carbocycles. The minimum Gasteiger partial charge on any atom is -0.465 e. The number of rotatable bonds is 29. The van der Waals surface area contributed by atoms with Crippen LogP contribution in [0.1, 0.15) is 96.4 Å². The number of pyridine rings is 2. The molecule has 4 fully saturated rings. The molecule has 0 saturated carbocycles. The fraction of sp³-hybridized carbons (Fsp3) is 0.374. The maximum Gasteiger partial charge on any atom is 0.341 e. The first kappa shape index (κ1) is 94.0. The third-order valence-corrected chi connectivity index (χ3v) is 25.7. The molecule has 0 bridgehead atoms. The number of carbonyl (C=O) groups is 4. The van der Waals surface area contributed by atoms with E-state index in [0.29, 0.717) is 90.2 Å². The number of halogens is 1. The third-order valence-electron chi connectivity index (χ3n) is 25.7. The Balaban J connectivity index is 0.000000146. The second-order valence-corrected chi connectivity index (χ2v) is 34.6. The maximum absolute atomic E-state index is 15.2. The molecule has 3 aliphatic carbocycles. The number of esters is 1. The number of aromatic nitrogens is 12. The van der Waals surface area contributed by atoms with E-state index in [-0.39, 0.29) is 48.1 Å². The molecule has 7 N–H and O–H groups in total. The van der Waals surface area contributed by atoms with Crippen molar-refractivity contribution in [1.29, 1.82) is 0 Å². The van der Waals surface area contributed by atoms with Crippen molar-refractivity contribution in [2.24, 2.45) is 0 Å². The van der Waals surface area contributed by atoms with Crippen LogP contribution in [0.15, 0.2) is 177 Å². The molecular weight excluding hydrogens is 1700 g/mol. The van der Waals surface area contributed by atoms with Gasteiger partial charge in [0.2, 0.25) is 35.6 Å². The lowest BCUT2D eigenvalue weighted by Gasteiger charge is -2.36. The van der Waals surface area contributed by atoms with Crippen LogP contribution in [0.3, 0.4) is 0 Å². The number of nitrogens with one attached hydrogen (secondary N) is 6. The Morgan fingerprint density at radius 1 is 0.463 bits per heavy atom. The standard InChI is InChI=1S/C34H36FN7O3.C33H37N9O4.C32H43N9O2/c1-41-14-16-42(17-15-41)31(21-45-2)33(44)39-29-9-5-8-25-26(29)10-11-27(25)32-28(35)19-37-34(40-32)38-23-12-13-36-30(18-23)24-7-4-3-6-22(24)20-43;1-21-16-35-33(37-22-17-36-42(19-22)28-10-11-34-18-26(28)32(44)46-4)39-30(21)25-9-8-24-23(25)6-5-7-27(24)38-31(43)29(20-45-3)41-14-12-40(2)13-15-41;1-22-18-33-32(35-23-19-34-41(20-23)24-10-12-38(2)13-11-24)37-30(22)27-9-8-26-25(27)6-5-7-28(26)36-31(42)29(21-43-4)40-16-14-39(3)15-17-40/h3-9,11-13,18-19,31,43H,10,14-17,20-21H2,1-2H3,(H,39,44)(H,36,37,38,40);5-7,9-11,16-19,29H,8,12-15,20H2,1-4H3,(H,38,43)(H,35,37,39);5-7,9,18-20,24,29H,8,10-17,21H2,1-4H3,(H,36,42)(H,33,35,37)/t31-;2*29-/m111/s1. The quantitative estimate of drug-likeness (QED) is 0.0214. The van der Waals surface area contributed by atoms with Gasteiger partial charge in [0.15, 0.2) is 5.82 Å². The number of nitrogens with zero attached hydrogens (tertiary/aromatic N) is 19. The van der Waals surface area contributed by atoms with Gasteiger partial charge < -0.3 is 75.6 Å². The van der Waals surface area contributed by atoms with E-state index in [4.69, 9.17) is 28.9 Å². The molecule has 3 amide bonds. The van der Waals surface area contributed by atoms with Crippen LogP contribution in [0.5, 0.6) is 0 Å². The predicted molar refractivity (Wildman–Crippen MR) is 513 cm³/mol. The number of methoxy groups -OCH3 is 4. The fourth-order valence-electron chi connectivity index (χ4n) is 18.1. The highest BCUT2D eigenvalue weighted by Crippen LogP contribution is 2.42. The van der Waals surface area contributed by atoms with Crippen LogP contribution in [0.25, 0.3) is 33.7 Å². The molecule has 4 aliphatic heterocycles. The van der Waals surface area contributed by atoms with Crippen LogP contribution in [0, 0.1) is 19.7 Å². The van der Waals surface area contributed by atoms with Crippen molar-refractivity contribution < 1.29 is 47.6 Å². The molecule has 698 valence electrons. The molecule has 3 atom stereocenters. The third kappa shape index (κ3) is 22.0. The van der Waals surface area contributed by atoms with Gasteiger partial charge in [-0.3, -0.25) is 43.7 Å². The molecule has 134 heavy (non-hydrogen) atoms. The van der Waals surface area contributed by atoms with Gasteiger partial charge in [-0.05, 0) is 174 Å². The summed E-state index contributed by atoms with van der Waals surface area (Å²) in [6.45, 7) is 17.5. The minimum atomic E-state index is -0.545. The lowest BCUT2D eigenvalue weighted by molar-refractivity contribution is -0.124. The number of likely N-dealkylation sites (tertiary alicyclic amines) is 1. The van der Waals surface area contributed by atoms with Crippen LogP contribution in [0.2, 0.25) is 0 Å². The second kappa shape index (κ2) is 43.7. The predicted octanol–water partition coefficient (Wildman–Crippen LogP) is 10.4. The summed E-state index contributed by atoms with van der Waals surface area (Å²) < 4.78 is 40.1. The molecule has 0 radical (unpaired) electrons. The van der Waals surface area contributed by atoms with Crippen molar-refractivity contribution in [3.63, 3.8) is 0 Å². The molecule has 35 heteroatoms. The summed E-state index contributed by atoms with van der Waals surface area (Å²) in [6, 6.07) is 29.8. The van der Waals surface area contributed by atoms with Crippen molar-refractivity contribution >= 4 is 92.4 Å². The summed E-state index contributed by atoms with van der Waals surface area (Å²) in [4.78, 5) is 105. The summed E-state index contributed by atoms with van der Waals surface area (Å²) in [6.07, 6.45) is 27.1. The Bertz CT molecular complexity index is 6130. The number of amides is 3. The normalized spacial score (nSPS) is 16.8. The van der Waals surface area contributed by atoms with Gasteiger partial charge in [-0.15, -0.1) is 0 Å². The number of fused-ring (bicyclic) bond motifs is 3. The zero-order chi connectivity index (χ0) is 93.5. The summed E-state index contributed by atoms with van der Waals surface area (Å²) in [7, 11) is 14.7. The first-order valence-corrected chi connectivity index (χ1v) is 45.3. The minimum absolute atomic E-state index is 0.0289. The summed E-state index contributed by atoms with van der Waals surface area (Å²) in [5, 5.41) is 38.1. The molecular formula is C99H116FN25O9. The van der Waals surface area contributed by atoms with Crippen molar-refractivity contribution in [1.82, 2.24) is 93.7 Å². The molecule has 34 nitrogen and oxygen atoms in total. The Morgan fingerprint density at radius 2 is 0.896 bits per heavy atom. The maximum atomic E-state index is 15.2. The second-order valence-electron chi connectivity index (χ2n) is 34.6. The van der Waals surface area contributed by atoms with E-state index in [1.165, 1.54) is 13.3 Å². The van der Waals surface area contributed by atoms with Crippen molar-refractivity contribution in [3.05, 3.63) is 256 Å². The lowest BCUT2D eigenvalue weighted by Crippen LogP contribution is -2.54. The molecule has 0 unspecified atom stereocenters. The van der Waals surface area contributed by atoms with Gasteiger partial charge in [-0.2, -0.15) is 10.2 Å². The monoisotopic (exact) mass is 1820 g/mol. The molecule has 18 rings (SSSR count). The average Bonchev–Trinajstić information content (AvgIpc) is 1.63. The number of likely N-dealkylation sites (N-methyl/N-ethyl adjacent to an activating group) is 3. The van der Waals surface area contributed by atoms with Crippen LogP contribution in [0.4, 0.5) is 56.4 Å². The zero-order valence-corrected chi connectivity index (χ0v) is 77.4. The topological polar surface area (TPSA) is 359 Å². The highest BCUT2D eigenvalue weighted by Gasteiger charge is 2.36. The van der Waals surface area contributed by atoms with Crippen LogP contribution < -0.4 is 31.9 Å². The largest absolute Gasteiger partial charge is 0.465 e. The molecule has 11 heterocycles. The Labute approximate surface area is 779 Å². The van der Waals surface area contributed by atoms with Gasteiger partial charge in [0.05, 0.1) is 98.5 Å². The first-order valence-electron chi connectivity index (χ1n) is 45.3. The number of hydrogen-bond donors (Lipinski definition) is 7. The van der Waals surface area contributed by atoms with Crippen molar-refractivity contribution in [2.45, 2.75) is 76.7 Å². The molecule has 0 spiro atoms. The Hall–Kier alpha value is -13.2. The van der Waals surface area contributed by atoms with Crippen LogP contribution in [-0.2, 0) is 59.2 Å². The number of piperazine rings is 3. The van der Waals surface area contributed by atoms with E-state index in [1.54, 1.807) is 69.1 Å². The number of allylic oxidation sites excluding steroid dienone is 3. The van der Waals surface area contributed by atoms with Crippen molar-refractivity contribution in [3.8, 4) is 16.9 Å². The number of ether oxygens (including phenoxy) is 4. The molecule has 4 saturated heterocycles. The SMILES string of the molecule is COC[C@H](C(=O)Nc1cccc2c1CC=C2c1nc(Nc2ccnc(-c3ccccc3CO)c2)ncc1F)N1CCN(C)CC1.COC[C@H](C(=O)Nc1cccc2c1CC=C2c1nc(Nc2cnn(-c3ccncc3C(=O)OC)c2)ncc1C)N1CCN(C)CC1.COC[C@H](C(=O)Nc1cccc2c1CC=C2c1nc(Nc2cnn(C3CCN(C)CC3)c2)ncc1C)N1CCN(C)CC1. The zero-order valence-electron chi connectivity index (χ0n) is 77.4. The van der Waals surface area contributed by atoms with Crippen LogP contribution in [-0.4, -0.2) is 309 Å². The molecule has 11 aromatic rings. The number of aliphatic hydroxyl groups excluding tert-OH is 1. The van der Waals surface area contributed by atoms with E-state index in [0.717, 1.165) is 212 Å². The van der Waals surface area contributed by atoms with E-state index in [9.17, 15) is 24.3 Å². The Morgan fingerprint density at radius 3 is 1.37 bits per heavy atom.